The molecule has 3 aromatic rings. The van der Waals surface area contributed by atoms with E-state index in [1.165, 1.54) is 0 Å². The molecule has 0 aliphatic heterocycles. The molecule has 0 saturated carbocycles. The second-order valence-corrected chi connectivity index (χ2v) is 4.82. The first kappa shape index (κ1) is 12.9. The van der Waals surface area contributed by atoms with E-state index in [2.05, 4.69) is 4.98 Å². The first-order valence-corrected chi connectivity index (χ1v) is 6.49. The molecule has 1 unspecified atom stereocenters. The van der Waals surface area contributed by atoms with E-state index in [0.717, 1.165) is 22.2 Å². The number of nitrogens with zero attached hydrogens (tertiary/aromatic N) is 2. The van der Waals surface area contributed by atoms with Crippen LogP contribution >= 0.6 is 0 Å². The number of aromatic nitrogens is 2. The Bertz CT molecular complexity index is 730. The Morgan fingerprint density at radius 1 is 1.35 bits per heavy atom. The van der Waals surface area contributed by atoms with Crippen molar-refractivity contribution in [3.05, 3.63) is 48.2 Å². The van der Waals surface area contributed by atoms with Crippen LogP contribution in [0.25, 0.3) is 16.7 Å². The van der Waals surface area contributed by atoms with E-state index in [9.17, 15) is 5.11 Å². The molecule has 0 amide bonds. The smallest absolute Gasteiger partial charge is 0.212 e. The number of rotatable bonds is 4. The second-order valence-electron chi connectivity index (χ2n) is 4.82. The number of aliphatic hydroxyl groups is 2. The summed E-state index contributed by atoms with van der Waals surface area (Å²) in [5.41, 5.74) is 1.66. The maximum atomic E-state index is 9.67. The monoisotopic (exact) mass is 272 g/mol. The summed E-state index contributed by atoms with van der Waals surface area (Å²) in [7, 11) is 0. The summed E-state index contributed by atoms with van der Waals surface area (Å²) in [6.07, 6.45) is 2.91. The SMILES string of the molecule is Cc1ncn(-c2occ3ccccc23)c1CC(O)CO. The average Bonchev–Trinajstić information content (AvgIpc) is 3.03. The van der Waals surface area contributed by atoms with E-state index in [0.29, 0.717) is 12.3 Å². The van der Waals surface area contributed by atoms with Crippen LogP contribution in [0.5, 0.6) is 0 Å². The molecule has 1 aromatic carbocycles. The van der Waals surface area contributed by atoms with Crippen LogP contribution in [0.1, 0.15) is 11.4 Å². The van der Waals surface area contributed by atoms with Crippen molar-refractivity contribution in [2.75, 3.05) is 6.61 Å². The molecule has 0 bridgehead atoms. The van der Waals surface area contributed by atoms with Gasteiger partial charge < -0.3 is 14.6 Å². The highest BCUT2D eigenvalue weighted by Crippen LogP contribution is 2.26. The van der Waals surface area contributed by atoms with Crippen LogP contribution in [-0.2, 0) is 6.42 Å². The van der Waals surface area contributed by atoms with Crippen molar-refractivity contribution in [1.29, 1.82) is 0 Å². The normalized spacial score (nSPS) is 12.9. The van der Waals surface area contributed by atoms with E-state index >= 15 is 0 Å². The highest BCUT2D eigenvalue weighted by atomic mass is 16.3. The van der Waals surface area contributed by atoms with Gasteiger partial charge in [0, 0.05) is 17.2 Å². The summed E-state index contributed by atoms with van der Waals surface area (Å²) in [5.74, 6) is 0.682. The Kier molecular flexibility index (Phi) is 3.30. The van der Waals surface area contributed by atoms with Crippen molar-refractivity contribution in [3.8, 4) is 5.88 Å². The molecule has 1 atom stereocenters. The summed E-state index contributed by atoms with van der Waals surface area (Å²) in [5, 5.41) is 20.7. The number of fused-ring (bicyclic) bond motifs is 1. The molecule has 5 heteroatoms. The third-order valence-electron chi connectivity index (χ3n) is 3.42. The first-order chi connectivity index (χ1) is 9.70. The van der Waals surface area contributed by atoms with Crippen molar-refractivity contribution in [2.45, 2.75) is 19.4 Å². The maximum Gasteiger partial charge on any atom is 0.212 e. The lowest BCUT2D eigenvalue weighted by molar-refractivity contribution is 0.0942. The number of aliphatic hydroxyl groups excluding tert-OH is 2. The van der Waals surface area contributed by atoms with Gasteiger partial charge in [0.1, 0.15) is 12.6 Å². The minimum absolute atomic E-state index is 0.274. The van der Waals surface area contributed by atoms with Crippen molar-refractivity contribution < 1.29 is 14.6 Å². The summed E-state index contributed by atoms with van der Waals surface area (Å²) in [6, 6.07) is 7.87. The number of furan rings is 1. The van der Waals surface area contributed by atoms with Gasteiger partial charge in [-0.1, -0.05) is 18.2 Å². The predicted octanol–water partition coefficient (Wildman–Crippen LogP) is 1.82. The van der Waals surface area contributed by atoms with Gasteiger partial charge in [0.2, 0.25) is 5.88 Å². The van der Waals surface area contributed by atoms with E-state index in [-0.39, 0.29) is 6.61 Å². The van der Waals surface area contributed by atoms with Gasteiger partial charge in [-0.25, -0.2) is 4.98 Å². The molecule has 0 aliphatic rings. The quantitative estimate of drug-likeness (QED) is 0.760. The van der Waals surface area contributed by atoms with Gasteiger partial charge in [0.05, 0.1) is 24.1 Å². The predicted molar refractivity (Wildman–Crippen MR) is 74.9 cm³/mol. The van der Waals surface area contributed by atoms with Crippen LogP contribution in [0.4, 0.5) is 0 Å². The summed E-state index contributed by atoms with van der Waals surface area (Å²) in [6.45, 7) is 1.60. The fraction of sp³-hybridized carbons (Fsp3) is 0.267. The van der Waals surface area contributed by atoms with Crippen LogP contribution in [0.2, 0.25) is 0 Å². The van der Waals surface area contributed by atoms with Gasteiger partial charge in [-0.05, 0) is 13.0 Å². The lowest BCUT2D eigenvalue weighted by Crippen LogP contribution is -2.17. The molecule has 20 heavy (non-hydrogen) atoms. The molecule has 3 rings (SSSR count). The van der Waals surface area contributed by atoms with Gasteiger partial charge in [0.25, 0.3) is 0 Å². The van der Waals surface area contributed by atoms with E-state index in [4.69, 9.17) is 9.52 Å². The topological polar surface area (TPSA) is 71.4 Å². The minimum atomic E-state index is -0.801. The number of aryl methyl sites for hydroxylation is 1. The molecule has 0 aliphatic carbocycles. The van der Waals surface area contributed by atoms with Crippen LogP contribution < -0.4 is 0 Å². The minimum Gasteiger partial charge on any atom is -0.447 e. The van der Waals surface area contributed by atoms with Crippen molar-refractivity contribution in [1.82, 2.24) is 9.55 Å². The highest BCUT2D eigenvalue weighted by molar-refractivity contribution is 5.88. The van der Waals surface area contributed by atoms with Gasteiger partial charge in [-0.2, -0.15) is 0 Å². The Morgan fingerprint density at radius 3 is 2.95 bits per heavy atom. The number of hydrogen-bond donors (Lipinski definition) is 2. The van der Waals surface area contributed by atoms with Gasteiger partial charge in [-0.3, -0.25) is 4.57 Å². The second kappa shape index (κ2) is 5.11. The fourth-order valence-electron chi connectivity index (χ4n) is 2.34. The molecular formula is C15H16N2O3. The summed E-state index contributed by atoms with van der Waals surface area (Å²) < 4.78 is 7.48. The standard InChI is InChI=1S/C15H16N2O3/c1-10-14(6-12(19)7-18)17(9-16-10)15-13-5-3-2-4-11(13)8-20-15/h2-5,8-9,12,18-19H,6-7H2,1H3. The lowest BCUT2D eigenvalue weighted by Gasteiger charge is -2.10. The third-order valence-corrected chi connectivity index (χ3v) is 3.42. The lowest BCUT2D eigenvalue weighted by atomic mass is 10.1. The molecule has 0 fully saturated rings. The molecule has 5 nitrogen and oxygen atoms in total. The Balaban J connectivity index is 2.10. The Labute approximate surface area is 116 Å². The molecule has 2 N–H and O–H groups in total. The molecule has 0 spiro atoms. The van der Waals surface area contributed by atoms with Crippen LogP contribution in [0, 0.1) is 6.92 Å². The molecule has 0 saturated heterocycles. The summed E-state index contributed by atoms with van der Waals surface area (Å²) in [4.78, 5) is 4.28. The van der Waals surface area contributed by atoms with E-state index in [1.54, 1.807) is 12.6 Å². The molecule has 104 valence electrons. The molecule has 0 radical (unpaired) electrons. The number of hydrogen-bond acceptors (Lipinski definition) is 4. The van der Waals surface area contributed by atoms with Crippen molar-refractivity contribution in [3.63, 3.8) is 0 Å². The maximum absolute atomic E-state index is 9.67. The third kappa shape index (κ3) is 2.11. The zero-order chi connectivity index (χ0) is 14.1. The van der Waals surface area contributed by atoms with Crippen molar-refractivity contribution >= 4 is 10.8 Å². The van der Waals surface area contributed by atoms with Crippen LogP contribution in [0.15, 0.2) is 41.3 Å². The van der Waals surface area contributed by atoms with E-state index in [1.807, 2.05) is 35.8 Å². The molecular weight excluding hydrogens is 256 g/mol. The van der Waals surface area contributed by atoms with Crippen LogP contribution in [0.3, 0.4) is 0 Å². The average molecular weight is 272 g/mol. The highest BCUT2D eigenvalue weighted by Gasteiger charge is 2.17. The molecule has 2 aromatic heterocycles. The number of imidazole rings is 1. The summed E-state index contributed by atoms with van der Waals surface area (Å²) >= 11 is 0. The van der Waals surface area contributed by atoms with Gasteiger partial charge in [-0.15, -0.1) is 0 Å². The zero-order valence-corrected chi connectivity index (χ0v) is 11.2. The van der Waals surface area contributed by atoms with Gasteiger partial charge in [0.15, 0.2) is 0 Å². The fourth-order valence-corrected chi connectivity index (χ4v) is 2.34. The largest absolute Gasteiger partial charge is 0.447 e. The van der Waals surface area contributed by atoms with Gasteiger partial charge >= 0.3 is 0 Å². The van der Waals surface area contributed by atoms with Crippen molar-refractivity contribution in [2.24, 2.45) is 0 Å². The first-order valence-electron chi connectivity index (χ1n) is 6.49. The zero-order valence-electron chi connectivity index (χ0n) is 11.2. The Morgan fingerprint density at radius 2 is 2.15 bits per heavy atom. The van der Waals surface area contributed by atoms with E-state index < -0.39 is 6.10 Å². The Hall–Kier alpha value is -2.11. The molecule has 2 heterocycles. The number of benzene rings is 1. The van der Waals surface area contributed by atoms with Crippen LogP contribution in [-0.4, -0.2) is 32.5 Å².